The van der Waals surface area contributed by atoms with Crippen molar-refractivity contribution in [2.24, 2.45) is 0 Å². The minimum atomic E-state index is 0.0989. The minimum Gasteiger partial charge on any atom is -0.450 e. The summed E-state index contributed by atoms with van der Waals surface area (Å²) in [6.45, 7) is 3.02. The molecule has 1 aromatic rings. The third-order valence-corrected chi connectivity index (χ3v) is 3.79. The molecule has 1 aromatic carbocycles. The quantitative estimate of drug-likeness (QED) is 0.835. The molecular weight excluding hydrogens is 237 g/mol. The van der Waals surface area contributed by atoms with Crippen molar-refractivity contribution in [1.82, 2.24) is 4.90 Å². The Morgan fingerprint density at radius 1 is 1.47 bits per heavy atom. The van der Waals surface area contributed by atoms with Crippen LogP contribution in [-0.4, -0.2) is 35.9 Å². The lowest BCUT2D eigenvalue weighted by atomic mass is 9.87. The van der Waals surface area contributed by atoms with Crippen LogP contribution in [0, 0.1) is 0 Å². The molecule has 4 heteroatoms. The van der Waals surface area contributed by atoms with Crippen molar-refractivity contribution in [1.29, 1.82) is 0 Å². The van der Waals surface area contributed by atoms with Gasteiger partial charge in [0.2, 0.25) is 0 Å². The van der Waals surface area contributed by atoms with Gasteiger partial charge in [-0.3, -0.25) is 4.79 Å². The molecule has 0 spiro atoms. The maximum Gasteiger partial charge on any atom is 0.326 e. The predicted molar refractivity (Wildman–Crippen MR) is 77.6 cm³/mol. The summed E-state index contributed by atoms with van der Waals surface area (Å²) in [7, 11) is 1.04. The smallest absolute Gasteiger partial charge is 0.326 e. The molecule has 0 aromatic heterocycles. The first kappa shape index (κ1) is 14.1. The van der Waals surface area contributed by atoms with Gasteiger partial charge >= 0.3 is 7.48 Å². The highest BCUT2D eigenvalue weighted by Gasteiger charge is 2.26. The second kappa shape index (κ2) is 6.76. The first-order chi connectivity index (χ1) is 9.26. The third-order valence-electron chi connectivity index (χ3n) is 3.79. The number of piperidine rings is 1. The monoisotopic (exact) mass is 258 g/mol. The average molecular weight is 258 g/mol. The molecule has 1 radical (unpaired) electrons. The van der Waals surface area contributed by atoms with Gasteiger partial charge in [0.1, 0.15) is 0 Å². The van der Waals surface area contributed by atoms with E-state index in [0.29, 0.717) is 17.1 Å². The fraction of sp³-hybridized carbons (Fsp3) is 0.533. The molecule has 1 N–H and O–H groups in total. The molecule has 1 aliphatic rings. The van der Waals surface area contributed by atoms with Gasteiger partial charge in [0.25, 0.3) is 5.91 Å². The normalized spacial score (nSPS) is 19.3. The first-order valence-corrected chi connectivity index (χ1v) is 7.14. The topological polar surface area (TPSA) is 40.5 Å². The summed E-state index contributed by atoms with van der Waals surface area (Å²) in [4.78, 5) is 14.6. The van der Waals surface area contributed by atoms with Gasteiger partial charge in [0, 0.05) is 18.2 Å². The lowest BCUT2D eigenvalue weighted by Crippen LogP contribution is -2.43. The fourth-order valence-corrected chi connectivity index (χ4v) is 2.82. The number of hydrogen-bond acceptors (Lipinski definition) is 2. The van der Waals surface area contributed by atoms with Gasteiger partial charge in [0.15, 0.2) is 0 Å². The van der Waals surface area contributed by atoms with E-state index in [4.69, 9.17) is 5.02 Å². The SMILES string of the molecule is CCC[C@@H]1CCCCN1C(=O)c1cccc([B]O)c1. The first-order valence-electron chi connectivity index (χ1n) is 7.14. The van der Waals surface area contributed by atoms with Crippen LogP contribution < -0.4 is 5.46 Å². The van der Waals surface area contributed by atoms with Crippen LogP contribution in [0.1, 0.15) is 49.4 Å². The van der Waals surface area contributed by atoms with Crippen LogP contribution >= 0.6 is 0 Å². The molecule has 2 rings (SSSR count). The van der Waals surface area contributed by atoms with E-state index in [0.717, 1.165) is 39.7 Å². The summed E-state index contributed by atoms with van der Waals surface area (Å²) in [5.41, 5.74) is 1.35. The van der Waals surface area contributed by atoms with Crippen LogP contribution in [-0.2, 0) is 0 Å². The second-order valence-electron chi connectivity index (χ2n) is 5.19. The number of benzene rings is 1. The van der Waals surface area contributed by atoms with Crippen molar-refractivity contribution in [3.8, 4) is 0 Å². The summed E-state index contributed by atoms with van der Waals surface area (Å²) in [6, 6.07) is 7.56. The van der Waals surface area contributed by atoms with Gasteiger partial charge in [0.05, 0.1) is 0 Å². The number of carbonyl (C=O) groups is 1. The van der Waals surface area contributed by atoms with Crippen LogP contribution in [0.3, 0.4) is 0 Å². The Kier molecular flexibility index (Phi) is 5.03. The molecule has 1 heterocycles. The van der Waals surface area contributed by atoms with E-state index in [2.05, 4.69) is 6.92 Å². The Bertz CT molecular complexity index is 434. The predicted octanol–water partition coefficient (Wildman–Crippen LogP) is 1.72. The number of rotatable bonds is 4. The Morgan fingerprint density at radius 3 is 3.05 bits per heavy atom. The minimum absolute atomic E-state index is 0.0989. The molecule has 1 atom stereocenters. The van der Waals surface area contributed by atoms with E-state index in [1.54, 1.807) is 12.1 Å². The summed E-state index contributed by atoms with van der Waals surface area (Å²) in [6.07, 6.45) is 5.62. The molecule has 0 saturated carbocycles. The van der Waals surface area contributed by atoms with Crippen molar-refractivity contribution < 1.29 is 9.82 Å². The van der Waals surface area contributed by atoms with E-state index in [1.807, 2.05) is 17.0 Å². The molecule has 1 amide bonds. The van der Waals surface area contributed by atoms with E-state index < -0.39 is 0 Å². The molecule has 1 aliphatic heterocycles. The number of carbonyl (C=O) groups excluding carboxylic acids is 1. The highest BCUT2D eigenvalue weighted by atomic mass is 16.2. The van der Waals surface area contributed by atoms with Crippen LogP contribution in [0.5, 0.6) is 0 Å². The third kappa shape index (κ3) is 3.38. The number of hydrogen-bond donors (Lipinski definition) is 1. The zero-order valence-corrected chi connectivity index (χ0v) is 11.5. The lowest BCUT2D eigenvalue weighted by molar-refractivity contribution is 0.0601. The summed E-state index contributed by atoms with van der Waals surface area (Å²) in [5, 5.41) is 9.04. The number of amides is 1. The summed E-state index contributed by atoms with van der Waals surface area (Å²) >= 11 is 0. The number of nitrogens with zero attached hydrogens (tertiary/aromatic N) is 1. The molecule has 0 bridgehead atoms. The average Bonchev–Trinajstić information content (AvgIpc) is 2.47. The Hall–Kier alpha value is -1.29. The van der Waals surface area contributed by atoms with Gasteiger partial charge in [-0.15, -0.1) is 0 Å². The standard InChI is InChI=1S/C15H21BNO2/c1-2-6-14-9-3-4-10-17(14)15(18)12-7-5-8-13(11-12)16-19/h5,7-8,11,14,19H,2-4,6,9-10H2,1H3/t14-/m1/s1. The van der Waals surface area contributed by atoms with Crippen molar-refractivity contribution in [3.63, 3.8) is 0 Å². The Labute approximate surface area is 115 Å². The van der Waals surface area contributed by atoms with Crippen molar-refractivity contribution >= 4 is 18.9 Å². The molecule has 1 fully saturated rings. The van der Waals surface area contributed by atoms with Gasteiger partial charge < -0.3 is 9.92 Å². The van der Waals surface area contributed by atoms with Crippen LogP contribution in [0.2, 0.25) is 0 Å². The van der Waals surface area contributed by atoms with E-state index >= 15 is 0 Å². The zero-order valence-electron chi connectivity index (χ0n) is 11.5. The van der Waals surface area contributed by atoms with E-state index in [9.17, 15) is 4.79 Å². The van der Waals surface area contributed by atoms with E-state index in [1.165, 1.54) is 6.42 Å². The van der Waals surface area contributed by atoms with E-state index in [-0.39, 0.29) is 5.91 Å². The van der Waals surface area contributed by atoms with Gasteiger partial charge in [-0.1, -0.05) is 37.0 Å². The second-order valence-corrected chi connectivity index (χ2v) is 5.19. The maximum atomic E-state index is 12.6. The molecule has 101 valence electrons. The molecule has 19 heavy (non-hydrogen) atoms. The summed E-state index contributed by atoms with van der Waals surface area (Å²) < 4.78 is 0. The van der Waals surface area contributed by atoms with Crippen molar-refractivity contribution in [3.05, 3.63) is 29.8 Å². The van der Waals surface area contributed by atoms with Crippen LogP contribution in [0.4, 0.5) is 0 Å². The lowest BCUT2D eigenvalue weighted by Gasteiger charge is -2.36. The van der Waals surface area contributed by atoms with Gasteiger partial charge in [-0.05, 0) is 31.7 Å². The van der Waals surface area contributed by atoms with Crippen molar-refractivity contribution in [2.45, 2.75) is 45.1 Å². The molecule has 1 saturated heterocycles. The molecular formula is C15H21BNO2. The van der Waals surface area contributed by atoms with Crippen molar-refractivity contribution in [2.75, 3.05) is 6.54 Å². The maximum absolute atomic E-state index is 12.6. The van der Waals surface area contributed by atoms with Crippen LogP contribution in [0.25, 0.3) is 0 Å². The van der Waals surface area contributed by atoms with Gasteiger partial charge in [-0.25, -0.2) is 0 Å². The Balaban J connectivity index is 2.16. The zero-order chi connectivity index (χ0) is 13.7. The number of likely N-dealkylation sites (tertiary alicyclic amines) is 1. The van der Waals surface area contributed by atoms with Crippen LogP contribution in [0.15, 0.2) is 24.3 Å². The Morgan fingerprint density at radius 2 is 2.32 bits per heavy atom. The fourth-order valence-electron chi connectivity index (χ4n) is 2.82. The summed E-state index contributed by atoms with van der Waals surface area (Å²) in [5.74, 6) is 0.0989. The molecule has 0 aliphatic carbocycles. The van der Waals surface area contributed by atoms with Gasteiger partial charge in [-0.2, -0.15) is 0 Å². The molecule has 0 unspecified atom stereocenters. The highest BCUT2D eigenvalue weighted by molar-refractivity contribution is 6.45. The molecule has 3 nitrogen and oxygen atoms in total. The largest absolute Gasteiger partial charge is 0.450 e. The highest BCUT2D eigenvalue weighted by Crippen LogP contribution is 2.22.